The summed E-state index contributed by atoms with van der Waals surface area (Å²) in [5.74, 6) is 0. The minimum atomic E-state index is -0.714. The molecule has 0 radical (unpaired) electrons. The maximum absolute atomic E-state index is 2.57. The first-order chi connectivity index (χ1) is 4.77. The van der Waals surface area contributed by atoms with Crippen LogP contribution < -0.4 is 0 Å². The van der Waals surface area contributed by atoms with Crippen LogP contribution in [0.1, 0.15) is 34.1 Å². The second-order valence-electron chi connectivity index (χ2n) is 5.01. The summed E-state index contributed by atoms with van der Waals surface area (Å²) >= 11 is 0.332. The topological polar surface area (TPSA) is 0 Å². The van der Waals surface area contributed by atoms with Gasteiger partial charge in [0.05, 0.1) is 0 Å². The van der Waals surface area contributed by atoms with Crippen molar-refractivity contribution in [2.45, 2.75) is 57.5 Å². The van der Waals surface area contributed by atoms with E-state index in [9.17, 15) is 0 Å². The molecule has 0 bridgehead atoms. The van der Waals surface area contributed by atoms with Gasteiger partial charge >= 0.3 is 79.1 Å². The van der Waals surface area contributed by atoms with Crippen LogP contribution in [-0.2, 0) is 0 Å². The first-order valence-electron chi connectivity index (χ1n) is 4.56. The Hall–Kier alpha value is 0.775. The van der Waals surface area contributed by atoms with Crippen molar-refractivity contribution in [1.82, 2.24) is 0 Å². The zero-order chi connectivity index (χ0) is 9.12. The average molecular weight is 234 g/mol. The molecule has 0 spiro atoms. The molecule has 0 N–H and O–H groups in total. The Bertz CT molecular complexity index is 113. The van der Waals surface area contributed by atoms with Crippen LogP contribution in [0.4, 0.5) is 0 Å². The van der Waals surface area contributed by atoms with Gasteiger partial charge in [0.2, 0.25) is 0 Å². The van der Waals surface area contributed by atoms with E-state index < -0.39 is 6.54 Å². The molecule has 0 saturated carbocycles. The molecule has 1 atom stereocenters. The van der Waals surface area contributed by atoms with Gasteiger partial charge in [-0.25, -0.2) is 0 Å². The van der Waals surface area contributed by atoms with Crippen molar-refractivity contribution in [3.8, 4) is 0 Å². The molecule has 0 aliphatic carbocycles. The summed E-state index contributed by atoms with van der Waals surface area (Å²) in [5.41, 5.74) is 0. The van der Waals surface area contributed by atoms with Gasteiger partial charge in [-0.2, -0.15) is 0 Å². The van der Waals surface area contributed by atoms with Gasteiger partial charge in [0.25, 0.3) is 0 Å². The third kappa shape index (κ3) is 7.15. The van der Waals surface area contributed by atoms with Crippen LogP contribution in [0.3, 0.4) is 0 Å². The summed E-state index contributed by atoms with van der Waals surface area (Å²) in [6.45, 7) is 14.0. The molecular weight excluding hydrogens is 211 g/mol. The van der Waals surface area contributed by atoms with Crippen molar-refractivity contribution in [3.05, 3.63) is 0 Å². The SMILES string of the molecule is CCC[Si](C)(C)[AsH]C(C)(C)C. The summed E-state index contributed by atoms with van der Waals surface area (Å²) in [5, 5.41) is 0. The van der Waals surface area contributed by atoms with Crippen LogP contribution in [0.2, 0.25) is 23.3 Å². The van der Waals surface area contributed by atoms with Crippen LogP contribution in [-0.4, -0.2) is 21.6 Å². The normalized spacial score (nSPS) is 14.7. The molecule has 0 aromatic carbocycles. The quantitative estimate of drug-likeness (QED) is 0.657. The molecule has 0 fully saturated rings. The van der Waals surface area contributed by atoms with Crippen molar-refractivity contribution in [1.29, 1.82) is 0 Å². The molecule has 0 aromatic heterocycles. The Labute approximate surface area is 79.2 Å². The first kappa shape index (κ1) is 11.8. The Morgan fingerprint density at radius 1 is 1.18 bits per heavy atom. The fourth-order valence-corrected chi connectivity index (χ4v) is 20.2. The third-order valence-electron chi connectivity index (χ3n) is 1.59. The predicted octanol–water partition coefficient (Wildman–Crippen LogP) is 3.26. The summed E-state index contributed by atoms with van der Waals surface area (Å²) in [4.78, 5) is 0. The predicted molar refractivity (Wildman–Crippen MR) is 59.4 cm³/mol. The third-order valence-corrected chi connectivity index (χ3v) is 15.3. The van der Waals surface area contributed by atoms with Crippen molar-refractivity contribution in [2.75, 3.05) is 0 Å². The van der Waals surface area contributed by atoms with Crippen molar-refractivity contribution in [2.24, 2.45) is 0 Å². The second kappa shape index (κ2) is 4.14. The summed E-state index contributed by atoms with van der Waals surface area (Å²) < 4.78 is 0.672. The Kier molecular flexibility index (Phi) is 4.43. The van der Waals surface area contributed by atoms with E-state index >= 15 is 0 Å². The van der Waals surface area contributed by atoms with E-state index in [0.29, 0.717) is 19.3 Å². The van der Waals surface area contributed by atoms with Gasteiger partial charge < -0.3 is 0 Å². The van der Waals surface area contributed by atoms with Crippen LogP contribution in [0, 0.1) is 0 Å². The fourth-order valence-electron chi connectivity index (χ4n) is 1.70. The average Bonchev–Trinajstić information content (AvgIpc) is 1.55. The van der Waals surface area contributed by atoms with E-state index in [1.807, 2.05) is 0 Å². The molecule has 11 heavy (non-hydrogen) atoms. The maximum atomic E-state index is 2.57. The van der Waals surface area contributed by atoms with E-state index in [1.54, 1.807) is 6.04 Å². The molecule has 0 aliphatic rings. The molecule has 0 saturated heterocycles. The van der Waals surface area contributed by atoms with Crippen molar-refractivity contribution >= 4 is 21.6 Å². The van der Waals surface area contributed by atoms with Gasteiger partial charge in [-0.3, -0.25) is 0 Å². The fraction of sp³-hybridized carbons (Fsp3) is 1.00. The van der Waals surface area contributed by atoms with Crippen LogP contribution in [0.15, 0.2) is 0 Å². The van der Waals surface area contributed by atoms with Gasteiger partial charge in [0, 0.05) is 0 Å². The minimum absolute atomic E-state index is 0.332. The van der Waals surface area contributed by atoms with E-state index in [2.05, 4.69) is 40.8 Å². The van der Waals surface area contributed by atoms with Gasteiger partial charge in [-0.05, 0) is 0 Å². The Balaban J connectivity index is 3.91. The van der Waals surface area contributed by atoms with Crippen LogP contribution in [0.25, 0.3) is 0 Å². The molecular formula is C9H23AsSi. The van der Waals surface area contributed by atoms with Crippen molar-refractivity contribution < 1.29 is 0 Å². The molecule has 0 aromatic rings. The molecule has 0 amide bonds. The van der Waals surface area contributed by atoms with Gasteiger partial charge in [-0.1, -0.05) is 0 Å². The Morgan fingerprint density at radius 2 is 1.64 bits per heavy atom. The molecule has 0 rings (SSSR count). The summed E-state index contributed by atoms with van der Waals surface area (Å²) in [6, 6.07) is 1.55. The van der Waals surface area contributed by atoms with Crippen LogP contribution in [0.5, 0.6) is 0 Å². The first-order valence-corrected chi connectivity index (χ1v) is 12.0. The molecule has 0 heterocycles. The second-order valence-corrected chi connectivity index (χ2v) is 22.8. The van der Waals surface area contributed by atoms with Gasteiger partial charge in [-0.15, -0.1) is 0 Å². The summed E-state index contributed by atoms with van der Waals surface area (Å²) in [6.07, 6.45) is 1.40. The van der Waals surface area contributed by atoms with Crippen molar-refractivity contribution in [3.63, 3.8) is 0 Å². The van der Waals surface area contributed by atoms with Crippen LogP contribution >= 0.6 is 0 Å². The van der Waals surface area contributed by atoms with E-state index in [4.69, 9.17) is 0 Å². The van der Waals surface area contributed by atoms with Gasteiger partial charge in [0.15, 0.2) is 0 Å². The summed E-state index contributed by atoms with van der Waals surface area (Å²) in [7, 11) is 0. The zero-order valence-electron chi connectivity index (χ0n) is 8.91. The molecule has 0 aliphatic heterocycles. The van der Waals surface area contributed by atoms with Gasteiger partial charge in [0.1, 0.15) is 0 Å². The molecule has 68 valence electrons. The van der Waals surface area contributed by atoms with E-state index in [1.165, 1.54) is 6.42 Å². The number of hydrogen-bond donors (Lipinski definition) is 0. The number of hydrogen-bond acceptors (Lipinski definition) is 0. The molecule has 1 unspecified atom stereocenters. The molecule has 2 heteroatoms. The number of rotatable bonds is 3. The standard InChI is InChI=1S/C9H23AsSi/c1-7-8-11(5,6)10-9(2,3)4/h10H,7-8H2,1-6H3. The van der Waals surface area contributed by atoms with E-state index in [-0.39, 0.29) is 0 Å². The Morgan fingerprint density at radius 3 is 1.91 bits per heavy atom. The van der Waals surface area contributed by atoms with E-state index in [0.717, 1.165) is 0 Å². The monoisotopic (exact) mass is 234 g/mol. The zero-order valence-corrected chi connectivity index (χ0v) is 12.0. The molecule has 0 nitrogen and oxygen atoms in total.